The Balaban J connectivity index is 1.50. The van der Waals surface area contributed by atoms with Crippen LogP contribution in [0.25, 0.3) is 0 Å². The number of methoxy groups -OCH3 is 1. The maximum atomic E-state index is 6.24. The van der Waals surface area contributed by atoms with Gasteiger partial charge >= 0.3 is 0 Å². The molecule has 3 rings (SSSR count). The SMILES string of the molecule is COc1cc(CNCCCSc2nnnn2C)cc(Br)c1OCc1ccc(Cl)cc1Cl. The molecule has 166 valence electrons. The molecule has 0 spiro atoms. The summed E-state index contributed by atoms with van der Waals surface area (Å²) in [7, 11) is 3.46. The van der Waals surface area contributed by atoms with Gasteiger partial charge in [0.2, 0.25) is 5.16 Å². The minimum absolute atomic E-state index is 0.307. The molecule has 1 N–H and O–H groups in total. The van der Waals surface area contributed by atoms with Crippen LogP contribution in [-0.2, 0) is 20.2 Å². The van der Waals surface area contributed by atoms with E-state index in [1.54, 1.807) is 35.7 Å². The summed E-state index contributed by atoms with van der Waals surface area (Å²) < 4.78 is 14.0. The van der Waals surface area contributed by atoms with Crippen LogP contribution in [0.4, 0.5) is 0 Å². The van der Waals surface area contributed by atoms with Crippen LogP contribution in [0.3, 0.4) is 0 Å². The highest BCUT2D eigenvalue weighted by molar-refractivity contribution is 9.10. The second-order valence-electron chi connectivity index (χ2n) is 6.60. The highest BCUT2D eigenvalue weighted by Gasteiger charge is 2.13. The van der Waals surface area contributed by atoms with E-state index in [0.29, 0.717) is 34.7 Å². The molecule has 0 aliphatic rings. The molecule has 31 heavy (non-hydrogen) atoms. The van der Waals surface area contributed by atoms with Crippen molar-refractivity contribution in [3.8, 4) is 11.5 Å². The van der Waals surface area contributed by atoms with Gasteiger partial charge < -0.3 is 14.8 Å². The number of nitrogens with one attached hydrogen (secondary N) is 1. The molecule has 0 radical (unpaired) electrons. The van der Waals surface area contributed by atoms with Gasteiger partial charge in [-0.3, -0.25) is 0 Å². The number of benzene rings is 2. The zero-order valence-corrected chi connectivity index (χ0v) is 21.0. The second kappa shape index (κ2) is 11.9. The standard InChI is InChI=1S/C20H22BrCl2N5O2S/c1-28-20(25-26-27-28)31-7-3-6-24-11-13-8-16(21)19(18(9-13)29-2)30-12-14-4-5-15(22)10-17(14)23/h4-5,8-10,24H,3,6-7,11-12H2,1-2H3. The molecular formula is C20H22BrCl2N5O2S. The third-order valence-corrected chi connectivity index (χ3v) is 6.59. The van der Waals surface area contributed by atoms with Gasteiger partial charge in [0.1, 0.15) is 6.61 Å². The first-order valence-corrected chi connectivity index (χ1v) is 12.0. The molecular weight excluding hydrogens is 525 g/mol. The van der Waals surface area contributed by atoms with Crippen molar-refractivity contribution in [2.75, 3.05) is 19.4 Å². The summed E-state index contributed by atoms with van der Waals surface area (Å²) in [5.74, 6) is 2.22. The third-order valence-electron chi connectivity index (χ3n) is 4.32. The summed E-state index contributed by atoms with van der Waals surface area (Å²) in [6.45, 7) is 1.90. The number of rotatable bonds is 11. The van der Waals surface area contributed by atoms with Gasteiger partial charge in [-0.25, -0.2) is 4.68 Å². The lowest BCUT2D eigenvalue weighted by atomic mass is 10.2. The van der Waals surface area contributed by atoms with Gasteiger partial charge in [0.25, 0.3) is 0 Å². The zero-order chi connectivity index (χ0) is 22.2. The molecule has 3 aromatic rings. The molecule has 11 heteroatoms. The van der Waals surface area contributed by atoms with Crippen molar-refractivity contribution in [3.63, 3.8) is 0 Å². The molecule has 0 aliphatic carbocycles. The number of ether oxygens (including phenoxy) is 2. The number of nitrogens with zero attached hydrogens (tertiary/aromatic N) is 4. The van der Waals surface area contributed by atoms with E-state index in [0.717, 1.165) is 39.5 Å². The Bertz CT molecular complexity index is 1020. The van der Waals surface area contributed by atoms with Gasteiger partial charge in [-0.2, -0.15) is 0 Å². The average Bonchev–Trinajstić information content (AvgIpc) is 3.15. The van der Waals surface area contributed by atoms with Crippen molar-refractivity contribution < 1.29 is 9.47 Å². The molecule has 0 fully saturated rings. The molecule has 2 aromatic carbocycles. The quantitative estimate of drug-likeness (QED) is 0.263. The molecule has 1 heterocycles. The number of aryl methyl sites for hydroxylation is 1. The van der Waals surface area contributed by atoms with Gasteiger partial charge in [0.15, 0.2) is 11.5 Å². The predicted octanol–water partition coefficient (Wildman–Crippen LogP) is 5.14. The Morgan fingerprint density at radius 1 is 1.23 bits per heavy atom. The van der Waals surface area contributed by atoms with E-state index in [2.05, 4.69) is 36.8 Å². The van der Waals surface area contributed by atoms with E-state index in [-0.39, 0.29) is 0 Å². The van der Waals surface area contributed by atoms with Crippen molar-refractivity contribution in [3.05, 3.63) is 56.0 Å². The Morgan fingerprint density at radius 3 is 2.77 bits per heavy atom. The molecule has 0 unspecified atom stereocenters. The van der Waals surface area contributed by atoms with Crippen LogP contribution in [0.1, 0.15) is 17.5 Å². The van der Waals surface area contributed by atoms with E-state index in [4.69, 9.17) is 32.7 Å². The molecule has 1 aromatic heterocycles. The largest absolute Gasteiger partial charge is 0.493 e. The fourth-order valence-electron chi connectivity index (χ4n) is 2.74. The van der Waals surface area contributed by atoms with E-state index >= 15 is 0 Å². The first-order valence-electron chi connectivity index (χ1n) is 9.47. The van der Waals surface area contributed by atoms with Crippen LogP contribution in [0.15, 0.2) is 40.0 Å². The Labute approximate surface area is 203 Å². The molecule has 0 aliphatic heterocycles. The Kier molecular flexibility index (Phi) is 9.28. The minimum atomic E-state index is 0.307. The lowest BCUT2D eigenvalue weighted by Gasteiger charge is -2.15. The smallest absolute Gasteiger partial charge is 0.209 e. The number of hydrogen-bond donors (Lipinski definition) is 1. The van der Waals surface area contributed by atoms with Crippen molar-refractivity contribution in [1.29, 1.82) is 0 Å². The number of tetrazole rings is 1. The molecule has 0 saturated carbocycles. The number of aromatic nitrogens is 4. The summed E-state index contributed by atoms with van der Waals surface area (Å²) in [6.07, 6.45) is 0.999. The molecule has 0 amide bonds. The van der Waals surface area contributed by atoms with Crippen LogP contribution < -0.4 is 14.8 Å². The fraction of sp³-hybridized carbons (Fsp3) is 0.350. The van der Waals surface area contributed by atoms with Gasteiger partial charge in [0.05, 0.1) is 11.6 Å². The fourth-order valence-corrected chi connectivity index (χ4v) is 4.60. The molecule has 0 atom stereocenters. The normalized spacial score (nSPS) is 11.0. The van der Waals surface area contributed by atoms with Crippen molar-refractivity contribution >= 4 is 50.9 Å². The maximum absolute atomic E-state index is 6.24. The average molecular weight is 547 g/mol. The summed E-state index contributed by atoms with van der Waals surface area (Å²) in [6, 6.07) is 9.33. The van der Waals surface area contributed by atoms with Gasteiger partial charge in [-0.05, 0) is 69.2 Å². The topological polar surface area (TPSA) is 74.1 Å². The summed E-state index contributed by atoms with van der Waals surface area (Å²) in [5.41, 5.74) is 1.94. The first kappa shape index (κ1) is 24.1. The van der Waals surface area contributed by atoms with E-state index in [9.17, 15) is 0 Å². The Hall–Kier alpha value is -1.52. The van der Waals surface area contributed by atoms with E-state index in [1.807, 2.05) is 25.2 Å². The molecule has 7 nitrogen and oxygen atoms in total. The zero-order valence-electron chi connectivity index (χ0n) is 17.1. The minimum Gasteiger partial charge on any atom is -0.493 e. The predicted molar refractivity (Wildman–Crippen MR) is 127 cm³/mol. The van der Waals surface area contributed by atoms with Gasteiger partial charge in [-0.15, -0.1) is 5.10 Å². The molecule has 0 bridgehead atoms. The summed E-state index contributed by atoms with van der Waals surface area (Å²) in [5, 5.41) is 16.8. The first-order chi connectivity index (χ1) is 15.0. The van der Waals surface area contributed by atoms with E-state index < -0.39 is 0 Å². The monoisotopic (exact) mass is 545 g/mol. The van der Waals surface area contributed by atoms with Gasteiger partial charge in [-0.1, -0.05) is 41.0 Å². The lowest BCUT2D eigenvalue weighted by Crippen LogP contribution is -2.15. The lowest BCUT2D eigenvalue weighted by molar-refractivity contribution is 0.282. The van der Waals surface area contributed by atoms with E-state index in [1.165, 1.54) is 0 Å². The van der Waals surface area contributed by atoms with Crippen LogP contribution in [-0.4, -0.2) is 39.6 Å². The van der Waals surface area contributed by atoms with Crippen LogP contribution in [0, 0.1) is 0 Å². The summed E-state index contributed by atoms with van der Waals surface area (Å²) >= 11 is 17.4. The Morgan fingerprint density at radius 2 is 2.06 bits per heavy atom. The van der Waals surface area contributed by atoms with Crippen LogP contribution in [0.5, 0.6) is 11.5 Å². The van der Waals surface area contributed by atoms with Crippen molar-refractivity contribution in [2.45, 2.75) is 24.7 Å². The maximum Gasteiger partial charge on any atom is 0.209 e. The number of hydrogen-bond acceptors (Lipinski definition) is 7. The number of thioether (sulfide) groups is 1. The van der Waals surface area contributed by atoms with Crippen molar-refractivity contribution in [2.24, 2.45) is 7.05 Å². The summed E-state index contributed by atoms with van der Waals surface area (Å²) in [4.78, 5) is 0. The number of halogens is 3. The van der Waals surface area contributed by atoms with Crippen LogP contribution in [0.2, 0.25) is 10.0 Å². The molecule has 0 saturated heterocycles. The third kappa shape index (κ3) is 6.98. The van der Waals surface area contributed by atoms with Crippen molar-refractivity contribution in [1.82, 2.24) is 25.5 Å². The second-order valence-corrected chi connectivity index (χ2v) is 9.36. The highest BCUT2D eigenvalue weighted by atomic mass is 79.9. The highest BCUT2D eigenvalue weighted by Crippen LogP contribution is 2.37. The van der Waals surface area contributed by atoms with Crippen LogP contribution >= 0.6 is 50.9 Å². The van der Waals surface area contributed by atoms with Gasteiger partial charge in [0, 0.05) is 35.0 Å².